The maximum absolute atomic E-state index is 14.7. The molecule has 190 valence electrons. The summed E-state index contributed by atoms with van der Waals surface area (Å²) in [6, 6.07) is 1.06. The Bertz CT molecular complexity index is 1270. The lowest BCUT2D eigenvalue weighted by molar-refractivity contribution is -0.149. The van der Waals surface area contributed by atoms with Crippen molar-refractivity contribution in [1.82, 2.24) is 14.0 Å². The molecule has 1 fully saturated rings. The number of urea groups is 1. The van der Waals surface area contributed by atoms with Crippen LogP contribution >= 0.6 is 11.6 Å². The smallest absolute Gasteiger partial charge is 0.431 e. The Morgan fingerprint density at radius 1 is 1.23 bits per heavy atom. The number of aromatic nitrogens is 2. The zero-order chi connectivity index (χ0) is 26.1. The molecule has 1 aliphatic rings. The largest absolute Gasteiger partial charge is 0.466 e. The second kappa shape index (κ2) is 10.1. The van der Waals surface area contributed by atoms with Crippen LogP contribution in [-0.4, -0.2) is 45.7 Å². The lowest BCUT2D eigenvalue weighted by atomic mass is 9.98. The Hall–Kier alpha value is -3.35. The standard InChI is InChI=1S/C21H21ClF4N4O5/c1-3-35-18(32)11-5-4-6-29(10-11)19(33)27-14-8-15(13(23)7-12(14)22)30-17(31)9-16(21(24,25)26)28(2)20(30)34/h7-9,11H,3-6,10H2,1-2H3,(H,27,33). The molecule has 1 aromatic carbocycles. The van der Waals surface area contributed by atoms with Crippen molar-refractivity contribution in [3.05, 3.63) is 55.6 Å². The summed E-state index contributed by atoms with van der Waals surface area (Å²) in [4.78, 5) is 51.0. The van der Waals surface area contributed by atoms with Gasteiger partial charge in [0.25, 0.3) is 5.56 Å². The molecular formula is C21H21ClF4N4O5. The lowest BCUT2D eigenvalue weighted by Crippen LogP contribution is -2.44. The van der Waals surface area contributed by atoms with Crippen molar-refractivity contribution in [3.8, 4) is 5.69 Å². The summed E-state index contributed by atoms with van der Waals surface area (Å²) in [7, 11) is 0.786. The highest BCUT2D eigenvalue weighted by atomic mass is 35.5. The van der Waals surface area contributed by atoms with Gasteiger partial charge in [-0.1, -0.05) is 11.6 Å². The first-order chi connectivity index (χ1) is 16.3. The number of amides is 2. The topological polar surface area (TPSA) is 103 Å². The molecule has 1 aliphatic heterocycles. The average Bonchev–Trinajstić information content (AvgIpc) is 2.78. The number of ether oxygens (including phenoxy) is 1. The zero-order valence-electron chi connectivity index (χ0n) is 18.6. The summed E-state index contributed by atoms with van der Waals surface area (Å²) < 4.78 is 59.3. The fourth-order valence-electron chi connectivity index (χ4n) is 3.73. The maximum Gasteiger partial charge on any atom is 0.431 e. The molecule has 1 saturated heterocycles. The van der Waals surface area contributed by atoms with Gasteiger partial charge in [-0.25, -0.2) is 18.5 Å². The van der Waals surface area contributed by atoms with Crippen molar-refractivity contribution in [1.29, 1.82) is 0 Å². The molecule has 0 aliphatic carbocycles. The Labute approximate surface area is 200 Å². The molecular weight excluding hydrogens is 500 g/mol. The number of nitrogens with one attached hydrogen (secondary N) is 1. The van der Waals surface area contributed by atoms with Gasteiger partial charge in [0.1, 0.15) is 11.5 Å². The SMILES string of the molecule is CCOC(=O)C1CCCN(C(=O)Nc2cc(-n3c(=O)cc(C(F)(F)F)n(C)c3=O)c(F)cc2Cl)C1. The van der Waals surface area contributed by atoms with Gasteiger partial charge in [-0.05, 0) is 31.9 Å². The van der Waals surface area contributed by atoms with Gasteiger partial charge in [-0.2, -0.15) is 13.2 Å². The number of alkyl halides is 3. The van der Waals surface area contributed by atoms with E-state index in [2.05, 4.69) is 5.32 Å². The maximum atomic E-state index is 14.7. The van der Waals surface area contributed by atoms with E-state index in [4.69, 9.17) is 16.3 Å². The van der Waals surface area contributed by atoms with Crippen molar-refractivity contribution < 1.29 is 31.9 Å². The van der Waals surface area contributed by atoms with Gasteiger partial charge in [-0.15, -0.1) is 0 Å². The van der Waals surface area contributed by atoms with Crippen LogP contribution in [0, 0.1) is 11.7 Å². The van der Waals surface area contributed by atoms with Crippen LogP contribution in [0.4, 0.5) is 28.0 Å². The summed E-state index contributed by atoms with van der Waals surface area (Å²) in [5.74, 6) is -2.14. The number of nitrogens with zero attached hydrogens (tertiary/aromatic N) is 3. The summed E-state index contributed by atoms with van der Waals surface area (Å²) in [6.07, 6.45) is -3.93. The molecule has 0 radical (unpaired) electrons. The minimum absolute atomic E-state index is 0.0647. The number of rotatable bonds is 4. The van der Waals surface area contributed by atoms with Crippen LogP contribution in [0.2, 0.25) is 5.02 Å². The van der Waals surface area contributed by atoms with Gasteiger partial charge >= 0.3 is 23.9 Å². The van der Waals surface area contributed by atoms with Gasteiger partial charge in [0, 0.05) is 26.2 Å². The molecule has 2 heterocycles. The van der Waals surface area contributed by atoms with E-state index in [0.29, 0.717) is 25.5 Å². The van der Waals surface area contributed by atoms with E-state index in [1.165, 1.54) is 4.90 Å². The number of benzene rings is 1. The third kappa shape index (κ3) is 5.50. The molecule has 9 nitrogen and oxygen atoms in total. The van der Waals surface area contributed by atoms with Crippen molar-refractivity contribution in [2.75, 3.05) is 25.0 Å². The normalized spacial score (nSPS) is 16.2. The quantitative estimate of drug-likeness (QED) is 0.493. The van der Waals surface area contributed by atoms with Gasteiger partial charge in [-0.3, -0.25) is 14.2 Å². The molecule has 2 aromatic rings. The van der Waals surface area contributed by atoms with Crippen LogP contribution in [0.25, 0.3) is 5.69 Å². The van der Waals surface area contributed by atoms with Crippen molar-refractivity contribution in [2.45, 2.75) is 25.9 Å². The summed E-state index contributed by atoms with van der Waals surface area (Å²) in [5.41, 5.74) is -5.27. The van der Waals surface area contributed by atoms with E-state index in [9.17, 15) is 36.7 Å². The predicted octanol–water partition coefficient (Wildman–Crippen LogP) is 3.15. The molecule has 1 unspecified atom stereocenters. The predicted molar refractivity (Wildman–Crippen MR) is 117 cm³/mol. The highest BCUT2D eigenvalue weighted by molar-refractivity contribution is 6.33. The Morgan fingerprint density at radius 2 is 1.91 bits per heavy atom. The number of halogens is 5. The molecule has 1 atom stereocenters. The molecule has 0 bridgehead atoms. The van der Waals surface area contributed by atoms with E-state index >= 15 is 0 Å². The van der Waals surface area contributed by atoms with Crippen LogP contribution in [-0.2, 0) is 22.8 Å². The first-order valence-corrected chi connectivity index (χ1v) is 10.8. The molecule has 1 N–H and O–H groups in total. The van der Waals surface area contributed by atoms with Gasteiger partial charge in [0.05, 0.1) is 28.9 Å². The minimum Gasteiger partial charge on any atom is -0.466 e. The first kappa shape index (κ1) is 26.3. The lowest BCUT2D eigenvalue weighted by Gasteiger charge is -2.31. The Kier molecular flexibility index (Phi) is 7.58. The first-order valence-electron chi connectivity index (χ1n) is 10.5. The monoisotopic (exact) mass is 520 g/mol. The highest BCUT2D eigenvalue weighted by Gasteiger charge is 2.35. The number of anilines is 1. The average molecular weight is 521 g/mol. The van der Waals surface area contributed by atoms with E-state index in [0.717, 1.165) is 13.1 Å². The van der Waals surface area contributed by atoms with E-state index in [1.54, 1.807) is 6.92 Å². The number of hydrogen-bond donors (Lipinski definition) is 1. The van der Waals surface area contributed by atoms with Crippen LogP contribution in [0.3, 0.4) is 0 Å². The second-order valence-corrected chi connectivity index (χ2v) is 8.20. The number of hydrogen-bond acceptors (Lipinski definition) is 5. The van der Waals surface area contributed by atoms with Crippen molar-refractivity contribution >= 4 is 29.3 Å². The molecule has 1 aromatic heterocycles. The van der Waals surface area contributed by atoms with E-state index in [-0.39, 0.29) is 39.1 Å². The number of likely N-dealkylation sites (tertiary alicyclic amines) is 1. The molecule has 0 saturated carbocycles. The third-order valence-electron chi connectivity index (χ3n) is 5.46. The molecule has 3 rings (SSSR count). The molecule has 14 heteroatoms. The minimum atomic E-state index is -4.99. The van der Waals surface area contributed by atoms with Crippen LogP contribution < -0.4 is 16.6 Å². The van der Waals surface area contributed by atoms with Crippen molar-refractivity contribution in [3.63, 3.8) is 0 Å². The van der Waals surface area contributed by atoms with Crippen LogP contribution in [0.1, 0.15) is 25.5 Å². The highest BCUT2D eigenvalue weighted by Crippen LogP contribution is 2.29. The summed E-state index contributed by atoms with van der Waals surface area (Å²) in [6.45, 7) is 2.23. The number of carbonyl (C=O) groups is 2. The summed E-state index contributed by atoms with van der Waals surface area (Å²) >= 11 is 6.02. The number of carbonyl (C=O) groups excluding carboxylic acids is 2. The summed E-state index contributed by atoms with van der Waals surface area (Å²) in [5, 5.41) is 2.15. The third-order valence-corrected chi connectivity index (χ3v) is 5.77. The van der Waals surface area contributed by atoms with E-state index < -0.39 is 52.5 Å². The second-order valence-electron chi connectivity index (χ2n) is 7.79. The van der Waals surface area contributed by atoms with Crippen LogP contribution in [0.15, 0.2) is 27.8 Å². The molecule has 0 spiro atoms. The zero-order valence-corrected chi connectivity index (χ0v) is 19.4. The fourth-order valence-corrected chi connectivity index (χ4v) is 3.93. The van der Waals surface area contributed by atoms with Crippen molar-refractivity contribution in [2.24, 2.45) is 13.0 Å². The van der Waals surface area contributed by atoms with Crippen LogP contribution in [0.5, 0.6) is 0 Å². The molecule has 35 heavy (non-hydrogen) atoms. The fraction of sp³-hybridized carbons (Fsp3) is 0.429. The van der Waals surface area contributed by atoms with E-state index in [1.807, 2.05) is 0 Å². The van der Waals surface area contributed by atoms with Gasteiger partial charge in [0.15, 0.2) is 0 Å². The number of esters is 1. The molecule has 2 amide bonds. The van der Waals surface area contributed by atoms with Gasteiger partial charge in [0.2, 0.25) is 0 Å². The Morgan fingerprint density at radius 3 is 2.54 bits per heavy atom. The van der Waals surface area contributed by atoms with Gasteiger partial charge < -0.3 is 15.0 Å². The number of piperidine rings is 1. The Balaban J connectivity index is 1.94.